The molecule has 1 aliphatic heterocycles. The van der Waals surface area contributed by atoms with Gasteiger partial charge in [0.05, 0.1) is 12.1 Å². The van der Waals surface area contributed by atoms with Crippen LogP contribution in [-0.2, 0) is 17.5 Å². The molecule has 1 aromatic rings. The van der Waals surface area contributed by atoms with Gasteiger partial charge in [-0.15, -0.1) is 0 Å². The van der Waals surface area contributed by atoms with E-state index in [1.54, 1.807) is 6.07 Å². The standard InChI is InChI=1S/C15H18F3N5O2/c1-19-13(20-5-6-23-12(24)9-22-14(23)25)21-8-10-3-2-4-11(7-10)15(16,17)18/h2-4,7H,5-6,8-9H2,1H3,(H,22,25)(H2,19,20,21). The van der Waals surface area contributed by atoms with Crippen LogP contribution in [0.5, 0.6) is 0 Å². The Bertz CT molecular complexity index is 659. The first-order valence-corrected chi connectivity index (χ1v) is 7.50. The van der Waals surface area contributed by atoms with E-state index in [1.807, 2.05) is 0 Å². The number of halogens is 3. The van der Waals surface area contributed by atoms with Gasteiger partial charge in [0.2, 0.25) is 5.91 Å². The lowest BCUT2D eigenvalue weighted by atomic mass is 10.1. The maximum atomic E-state index is 12.7. The summed E-state index contributed by atoms with van der Waals surface area (Å²) in [5.74, 6) is 0.0446. The van der Waals surface area contributed by atoms with Crippen LogP contribution >= 0.6 is 0 Å². The van der Waals surface area contributed by atoms with Crippen molar-refractivity contribution in [2.45, 2.75) is 12.7 Å². The highest BCUT2D eigenvalue weighted by molar-refractivity contribution is 6.01. The number of hydrogen-bond donors (Lipinski definition) is 3. The zero-order chi connectivity index (χ0) is 18.4. The van der Waals surface area contributed by atoms with Crippen LogP contribution in [0, 0.1) is 0 Å². The summed E-state index contributed by atoms with van der Waals surface area (Å²) in [5.41, 5.74) is -0.264. The number of nitrogens with zero attached hydrogens (tertiary/aromatic N) is 2. The van der Waals surface area contributed by atoms with Crippen molar-refractivity contribution in [2.24, 2.45) is 4.99 Å². The molecule has 3 N–H and O–H groups in total. The van der Waals surface area contributed by atoms with Crippen LogP contribution in [0.15, 0.2) is 29.3 Å². The average molecular weight is 357 g/mol. The van der Waals surface area contributed by atoms with E-state index >= 15 is 0 Å². The number of hydrogen-bond acceptors (Lipinski definition) is 3. The van der Waals surface area contributed by atoms with Crippen LogP contribution in [0.1, 0.15) is 11.1 Å². The fraction of sp³-hybridized carbons (Fsp3) is 0.400. The number of carbonyl (C=O) groups excluding carboxylic acids is 2. The minimum absolute atomic E-state index is 0.0125. The highest BCUT2D eigenvalue weighted by atomic mass is 19.4. The topological polar surface area (TPSA) is 85.8 Å². The Balaban J connectivity index is 1.83. The van der Waals surface area contributed by atoms with Crippen molar-refractivity contribution in [3.05, 3.63) is 35.4 Å². The Labute approximate surface area is 142 Å². The lowest BCUT2D eigenvalue weighted by Crippen LogP contribution is -2.43. The maximum absolute atomic E-state index is 12.7. The molecular weight excluding hydrogens is 339 g/mol. The minimum atomic E-state index is -4.39. The quantitative estimate of drug-likeness (QED) is 0.416. The van der Waals surface area contributed by atoms with Gasteiger partial charge in [0, 0.05) is 26.7 Å². The number of urea groups is 1. The molecule has 1 saturated heterocycles. The molecule has 1 heterocycles. The predicted octanol–water partition coefficient (Wildman–Crippen LogP) is 0.922. The van der Waals surface area contributed by atoms with Gasteiger partial charge in [-0.25, -0.2) is 4.79 Å². The average Bonchev–Trinajstić information content (AvgIpc) is 2.89. The van der Waals surface area contributed by atoms with Crippen molar-refractivity contribution < 1.29 is 22.8 Å². The molecule has 0 aromatic heterocycles. The SMILES string of the molecule is CN=C(NCCN1C(=O)CNC1=O)NCc1cccc(C(F)(F)F)c1. The Morgan fingerprint density at radius 3 is 2.68 bits per heavy atom. The third-order valence-corrected chi connectivity index (χ3v) is 3.50. The Hall–Kier alpha value is -2.78. The number of aliphatic imine (C=N–C) groups is 1. The summed E-state index contributed by atoms with van der Waals surface area (Å²) in [7, 11) is 1.51. The molecule has 2 rings (SSSR count). The van der Waals surface area contributed by atoms with Gasteiger partial charge in [-0.1, -0.05) is 12.1 Å². The molecule has 0 bridgehead atoms. The van der Waals surface area contributed by atoms with Crippen LogP contribution in [0.4, 0.5) is 18.0 Å². The van der Waals surface area contributed by atoms with Crippen LogP contribution < -0.4 is 16.0 Å². The third-order valence-electron chi connectivity index (χ3n) is 3.50. The molecule has 0 atom stereocenters. The van der Waals surface area contributed by atoms with Gasteiger partial charge in [0.25, 0.3) is 0 Å². The highest BCUT2D eigenvalue weighted by Gasteiger charge is 2.30. The number of carbonyl (C=O) groups is 2. The molecule has 0 aliphatic carbocycles. The van der Waals surface area contributed by atoms with Crippen molar-refractivity contribution in [1.29, 1.82) is 0 Å². The molecule has 136 valence electrons. The molecular formula is C15H18F3N5O2. The van der Waals surface area contributed by atoms with E-state index < -0.39 is 17.8 Å². The molecule has 3 amide bonds. The first kappa shape index (κ1) is 18.6. The second-order valence-electron chi connectivity index (χ2n) is 5.25. The second-order valence-corrected chi connectivity index (χ2v) is 5.25. The van der Waals surface area contributed by atoms with Crippen molar-refractivity contribution in [1.82, 2.24) is 20.9 Å². The van der Waals surface area contributed by atoms with E-state index in [0.717, 1.165) is 17.0 Å². The van der Waals surface area contributed by atoms with Crippen molar-refractivity contribution >= 4 is 17.9 Å². The van der Waals surface area contributed by atoms with Gasteiger partial charge >= 0.3 is 12.2 Å². The summed E-state index contributed by atoms with van der Waals surface area (Å²) in [4.78, 5) is 27.8. The van der Waals surface area contributed by atoms with Gasteiger partial charge in [-0.3, -0.25) is 14.7 Å². The molecule has 25 heavy (non-hydrogen) atoms. The molecule has 7 nitrogen and oxygen atoms in total. The van der Waals surface area contributed by atoms with E-state index in [1.165, 1.54) is 13.1 Å². The van der Waals surface area contributed by atoms with Gasteiger partial charge in [-0.05, 0) is 17.7 Å². The molecule has 1 aromatic carbocycles. The predicted molar refractivity (Wildman–Crippen MR) is 84.8 cm³/mol. The monoisotopic (exact) mass is 357 g/mol. The zero-order valence-corrected chi connectivity index (χ0v) is 13.5. The van der Waals surface area contributed by atoms with Gasteiger partial charge < -0.3 is 16.0 Å². The summed E-state index contributed by atoms with van der Waals surface area (Å²) < 4.78 is 38.1. The number of nitrogens with one attached hydrogen (secondary N) is 3. The zero-order valence-electron chi connectivity index (χ0n) is 13.5. The number of alkyl halides is 3. The lowest BCUT2D eigenvalue weighted by molar-refractivity contribution is -0.137. The Kier molecular flexibility index (Phi) is 5.84. The number of rotatable bonds is 5. The molecule has 10 heteroatoms. The fourth-order valence-corrected chi connectivity index (χ4v) is 2.23. The number of guanidine groups is 1. The molecule has 0 spiro atoms. The van der Waals surface area contributed by atoms with Crippen LogP contribution in [0.3, 0.4) is 0 Å². The van der Waals surface area contributed by atoms with Gasteiger partial charge in [-0.2, -0.15) is 13.2 Å². The molecule has 1 aliphatic rings. The summed E-state index contributed by atoms with van der Waals surface area (Å²) in [5, 5.41) is 8.18. The van der Waals surface area contributed by atoms with E-state index in [0.29, 0.717) is 11.5 Å². The Morgan fingerprint density at radius 2 is 2.08 bits per heavy atom. The van der Waals surface area contributed by atoms with Crippen molar-refractivity contribution in [3.63, 3.8) is 0 Å². The molecule has 0 radical (unpaired) electrons. The number of imide groups is 1. The van der Waals surface area contributed by atoms with Crippen LogP contribution in [0.25, 0.3) is 0 Å². The van der Waals surface area contributed by atoms with Crippen molar-refractivity contribution in [2.75, 3.05) is 26.7 Å². The summed E-state index contributed by atoms with van der Waals surface area (Å²) >= 11 is 0. The molecule has 1 fully saturated rings. The largest absolute Gasteiger partial charge is 0.416 e. The van der Waals surface area contributed by atoms with Crippen molar-refractivity contribution in [3.8, 4) is 0 Å². The first-order valence-electron chi connectivity index (χ1n) is 7.50. The summed E-state index contributed by atoms with van der Waals surface area (Å²) in [6.45, 7) is 0.560. The van der Waals surface area contributed by atoms with E-state index in [-0.39, 0.29) is 32.1 Å². The second kappa shape index (κ2) is 7.86. The van der Waals surface area contributed by atoms with E-state index in [9.17, 15) is 22.8 Å². The highest BCUT2D eigenvalue weighted by Crippen LogP contribution is 2.29. The minimum Gasteiger partial charge on any atom is -0.355 e. The molecule has 0 unspecified atom stereocenters. The van der Waals surface area contributed by atoms with Gasteiger partial charge in [0.1, 0.15) is 0 Å². The van der Waals surface area contributed by atoms with Gasteiger partial charge in [0.15, 0.2) is 5.96 Å². The Morgan fingerprint density at radius 1 is 1.32 bits per heavy atom. The van der Waals surface area contributed by atoms with E-state index in [4.69, 9.17) is 0 Å². The smallest absolute Gasteiger partial charge is 0.355 e. The van der Waals surface area contributed by atoms with Crippen LogP contribution in [-0.4, -0.2) is 49.5 Å². The maximum Gasteiger partial charge on any atom is 0.416 e. The molecule has 0 saturated carbocycles. The third kappa shape index (κ3) is 5.10. The first-order chi connectivity index (χ1) is 11.8. The summed E-state index contributed by atoms with van der Waals surface area (Å²) in [6.07, 6.45) is -4.39. The lowest BCUT2D eigenvalue weighted by Gasteiger charge is -2.16. The van der Waals surface area contributed by atoms with Crippen LogP contribution in [0.2, 0.25) is 0 Å². The fourth-order valence-electron chi connectivity index (χ4n) is 2.23. The normalized spacial score (nSPS) is 15.4. The number of benzene rings is 1. The number of amides is 3. The van der Waals surface area contributed by atoms with E-state index in [2.05, 4.69) is 20.9 Å². The summed E-state index contributed by atoms with van der Waals surface area (Å²) in [6, 6.07) is 4.54.